The van der Waals surface area contributed by atoms with Crippen LogP contribution >= 0.6 is 0 Å². The van der Waals surface area contributed by atoms with Crippen molar-refractivity contribution in [2.24, 2.45) is 0 Å². The van der Waals surface area contributed by atoms with Gasteiger partial charge in [0.25, 0.3) is 0 Å². The van der Waals surface area contributed by atoms with Crippen molar-refractivity contribution in [2.75, 3.05) is 33.7 Å². The summed E-state index contributed by atoms with van der Waals surface area (Å²) in [5, 5.41) is 3.26. The molecular formula is C12H19N5O. The summed E-state index contributed by atoms with van der Waals surface area (Å²) >= 11 is 0. The quantitative estimate of drug-likeness (QED) is 0.770. The van der Waals surface area contributed by atoms with E-state index in [4.69, 9.17) is 0 Å². The molecule has 1 amide bonds. The minimum atomic E-state index is -0.115. The molecule has 1 aliphatic heterocycles. The number of nitrogens with one attached hydrogen (secondary N) is 1. The van der Waals surface area contributed by atoms with Crippen LogP contribution in [0.1, 0.15) is 5.69 Å². The highest BCUT2D eigenvalue weighted by atomic mass is 16.2. The summed E-state index contributed by atoms with van der Waals surface area (Å²) in [4.78, 5) is 24.2. The Bertz CT molecular complexity index is 395. The van der Waals surface area contributed by atoms with Crippen molar-refractivity contribution in [1.29, 1.82) is 0 Å². The Morgan fingerprint density at radius 2 is 2.39 bits per heavy atom. The lowest BCUT2D eigenvalue weighted by Crippen LogP contribution is -2.57. The monoisotopic (exact) mass is 249 g/mol. The number of carbonyl (C=O) groups is 1. The van der Waals surface area contributed by atoms with E-state index < -0.39 is 0 Å². The van der Waals surface area contributed by atoms with E-state index >= 15 is 0 Å². The third-order valence-electron chi connectivity index (χ3n) is 3.06. The van der Waals surface area contributed by atoms with Gasteiger partial charge in [-0.05, 0) is 0 Å². The summed E-state index contributed by atoms with van der Waals surface area (Å²) in [5.41, 5.74) is 0.899. The van der Waals surface area contributed by atoms with Crippen LogP contribution in [0, 0.1) is 0 Å². The van der Waals surface area contributed by atoms with Gasteiger partial charge < -0.3 is 10.2 Å². The number of hydrogen-bond acceptors (Lipinski definition) is 5. The number of hydrogen-bond donors (Lipinski definition) is 1. The number of rotatable bonds is 3. The smallest absolute Gasteiger partial charge is 0.240 e. The number of amides is 1. The zero-order chi connectivity index (χ0) is 13.0. The second-order valence-electron chi connectivity index (χ2n) is 4.62. The topological polar surface area (TPSA) is 61.4 Å². The molecule has 0 saturated carbocycles. The lowest BCUT2D eigenvalue weighted by Gasteiger charge is -2.36. The molecule has 0 bridgehead atoms. The minimum Gasteiger partial charge on any atom is -0.347 e. The van der Waals surface area contributed by atoms with Crippen LogP contribution in [0.25, 0.3) is 0 Å². The summed E-state index contributed by atoms with van der Waals surface area (Å²) in [6.45, 7) is 3.11. The first-order valence-corrected chi connectivity index (χ1v) is 6.09. The molecule has 6 heteroatoms. The maximum absolute atomic E-state index is 12.1. The molecule has 1 saturated heterocycles. The van der Waals surface area contributed by atoms with Crippen molar-refractivity contribution in [1.82, 2.24) is 25.1 Å². The molecule has 6 nitrogen and oxygen atoms in total. The van der Waals surface area contributed by atoms with E-state index in [9.17, 15) is 4.79 Å². The summed E-state index contributed by atoms with van der Waals surface area (Å²) in [6.07, 6.45) is 5.09. The Balaban J connectivity index is 2.06. The number of piperazine rings is 1. The van der Waals surface area contributed by atoms with Crippen LogP contribution in [0.5, 0.6) is 0 Å². The van der Waals surface area contributed by atoms with E-state index in [1.54, 1.807) is 37.6 Å². The van der Waals surface area contributed by atoms with Crippen LogP contribution < -0.4 is 5.32 Å². The SMILES string of the molecule is CN(C)C(=O)C1CNCCN1Cc1cnccn1. The largest absolute Gasteiger partial charge is 0.347 e. The van der Waals surface area contributed by atoms with Gasteiger partial charge in [-0.3, -0.25) is 19.7 Å². The predicted octanol–water partition coefficient (Wildman–Crippen LogP) is -0.661. The Morgan fingerprint density at radius 1 is 1.56 bits per heavy atom. The Hall–Kier alpha value is -1.53. The lowest BCUT2D eigenvalue weighted by atomic mass is 10.1. The average Bonchev–Trinajstić information content (AvgIpc) is 2.39. The van der Waals surface area contributed by atoms with E-state index in [-0.39, 0.29) is 11.9 Å². The molecule has 1 aromatic heterocycles. The molecule has 2 rings (SSSR count). The van der Waals surface area contributed by atoms with E-state index in [1.165, 1.54) is 0 Å². The number of likely N-dealkylation sites (N-methyl/N-ethyl adjacent to an activating group) is 1. The molecule has 1 fully saturated rings. The lowest BCUT2D eigenvalue weighted by molar-refractivity contribution is -0.135. The highest BCUT2D eigenvalue weighted by Crippen LogP contribution is 2.09. The second kappa shape index (κ2) is 5.88. The van der Waals surface area contributed by atoms with Crippen LogP contribution in [-0.4, -0.2) is 65.4 Å². The van der Waals surface area contributed by atoms with Gasteiger partial charge in [-0.15, -0.1) is 0 Å². The standard InChI is InChI=1S/C12H19N5O/c1-16(2)12(18)11-8-14-5-6-17(11)9-10-7-13-3-4-15-10/h3-4,7,11,14H,5-6,8-9H2,1-2H3. The van der Waals surface area contributed by atoms with Gasteiger partial charge in [0, 0.05) is 58.9 Å². The van der Waals surface area contributed by atoms with Crippen molar-refractivity contribution in [3.05, 3.63) is 24.3 Å². The molecule has 0 aliphatic carbocycles. The summed E-state index contributed by atoms with van der Waals surface area (Å²) in [5.74, 6) is 0.131. The Morgan fingerprint density at radius 3 is 3.06 bits per heavy atom. The normalized spacial score (nSPS) is 20.7. The van der Waals surface area contributed by atoms with Gasteiger partial charge in [-0.25, -0.2) is 0 Å². The maximum atomic E-state index is 12.1. The van der Waals surface area contributed by atoms with Gasteiger partial charge in [0.05, 0.1) is 5.69 Å². The molecule has 1 unspecified atom stereocenters. The Kier molecular flexibility index (Phi) is 4.22. The van der Waals surface area contributed by atoms with Crippen LogP contribution in [-0.2, 0) is 11.3 Å². The predicted molar refractivity (Wildman–Crippen MR) is 67.8 cm³/mol. The molecule has 0 spiro atoms. The van der Waals surface area contributed by atoms with Crippen molar-refractivity contribution in [3.8, 4) is 0 Å². The van der Waals surface area contributed by atoms with Crippen LogP contribution in [0.2, 0.25) is 0 Å². The maximum Gasteiger partial charge on any atom is 0.240 e. The fraction of sp³-hybridized carbons (Fsp3) is 0.583. The molecule has 2 heterocycles. The summed E-state index contributed by atoms with van der Waals surface area (Å²) < 4.78 is 0. The van der Waals surface area contributed by atoms with E-state index in [2.05, 4.69) is 20.2 Å². The molecule has 0 radical (unpaired) electrons. The highest BCUT2D eigenvalue weighted by molar-refractivity contribution is 5.81. The second-order valence-corrected chi connectivity index (χ2v) is 4.62. The highest BCUT2D eigenvalue weighted by Gasteiger charge is 2.29. The average molecular weight is 249 g/mol. The van der Waals surface area contributed by atoms with E-state index in [1.807, 2.05) is 0 Å². The van der Waals surface area contributed by atoms with E-state index in [0.29, 0.717) is 13.1 Å². The molecule has 1 atom stereocenters. The van der Waals surface area contributed by atoms with Crippen LogP contribution in [0.4, 0.5) is 0 Å². The third-order valence-corrected chi connectivity index (χ3v) is 3.06. The molecule has 98 valence electrons. The molecular weight excluding hydrogens is 230 g/mol. The first-order valence-electron chi connectivity index (χ1n) is 6.09. The molecule has 0 aromatic carbocycles. The summed E-state index contributed by atoms with van der Waals surface area (Å²) in [6, 6.07) is -0.115. The fourth-order valence-corrected chi connectivity index (χ4v) is 2.10. The Labute approximate surface area is 107 Å². The zero-order valence-corrected chi connectivity index (χ0v) is 10.8. The number of nitrogens with zero attached hydrogens (tertiary/aromatic N) is 4. The van der Waals surface area contributed by atoms with Crippen molar-refractivity contribution >= 4 is 5.91 Å². The number of carbonyl (C=O) groups excluding carboxylic acids is 1. The summed E-state index contributed by atoms with van der Waals surface area (Å²) in [7, 11) is 3.58. The van der Waals surface area contributed by atoms with Gasteiger partial charge in [-0.2, -0.15) is 0 Å². The molecule has 1 N–H and O–H groups in total. The molecule has 18 heavy (non-hydrogen) atoms. The minimum absolute atomic E-state index is 0.115. The van der Waals surface area contributed by atoms with E-state index in [0.717, 1.165) is 18.8 Å². The number of aromatic nitrogens is 2. The van der Waals surface area contributed by atoms with Gasteiger partial charge >= 0.3 is 0 Å². The van der Waals surface area contributed by atoms with Crippen molar-refractivity contribution in [3.63, 3.8) is 0 Å². The molecule has 1 aliphatic rings. The van der Waals surface area contributed by atoms with Crippen LogP contribution in [0.15, 0.2) is 18.6 Å². The third kappa shape index (κ3) is 3.02. The van der Waals surface area contributed by atoms with Gasteiger partial charge in [-0.1, -0.05) is 0 Å². The first-order chi connectivity index (χ1) is 8.68. The van der Waals surface area contributed by atoms with Gasteiger partial charge in [0.1, 0.15) is 6.04 Å². The van der Waals surface area contributed by atoms with Crippen molar-refractivity contribution < 1.29 is 4.79 Å². The fourth-order valence-electron chi connectivity index (χ4n) is 2.10. The van der Waals surface area contributed by atoms with Gasteiger partial charge in [0.2, 0.25) is 5.91 Å². The zero-order valence-electron chi connectivity index (χ0n) is 10.8. The van der Waals surface area contributed by atoms with Crippen LogP contribution in [0.3, 0.4) is 0 Å². The molecule has 1 aromatic rings. The first kappa shape index (κ1) is 12.9. The van der Waals surface area contributed by atoms with Crippen molar-refractivity contribution in [2.45, 2.75) is 12.6 Å². The van der Waals surface area contributed by atoms with Gasteiger partial charge in [0.15, 0.2) is 0 Å².